The molecule has 8 atom stereocenters. The number of Topliss-reactive ketones (excluding diaryl/α,β-unsaturated/α-hetero) is 1. The normalized spacial score (nSPS) is 51.9. The highest BCUT2D eigenvalue weighted by Gasteiger charge is 2.62. The molecule has 5 aliphatic carbocycles. The van der Waals surface area contributed by atoms with Crippen LogP contribution in [0.2, 0.25) is 0 Å². The fraction of sp³-hybridized carbons (Fsp3) is 0.958. The minimum atomic E-state index is 0.412. The molecule has 0 aromatic rings. The Morgan fingerprint density at radius 3 is 2.67 bits per heavy atom. The number of fused-ring (bicyclic) bond motifs is 4. The Kier molecular flexibility index (Phi) is 4.71. The van der Waals surface area contributed by atoms with E-state index in [1.807, 2.05) is 0 Å². The predicted molar refractivity (Wildman–Crippen MR) is 105 cm³/mol. The van der Waals surface area contributed by atoms with Crippen LogP contribution >= 0.6 is 0 Å². The van der Waals surface area contributed by atoms with Gasteiger partial charge in [-0.25, -0.2) is 0 Å². The molecule has 5 aliphatic rings. The Morgan fingerprint density at radius 2 is 1.81 bits per heavy atom. The van der Waals surface area contributed by atoms with E-state index in [0.29, 0.717) is 29.5 Å². The van der Waals surface area contributed by atoms with Crippen LogP contribution in [0, 0.1) is 40.4 Å². The van der Waals surface area contributed by atoms with Crippen LogP contribution in [0.3, 0.4) is 0 Å². The fourth-order valence-corrected chi connectivity index (χ4v) is 9.02. The van der Waals surface area contributed by atoms with Gasteiger partial charge >= 0.3 is 0 Å². The number of hydrogen-bond acceptors (Lipinski definition) is 3. The van der Waals surface area contributed by atoms with Crippen LogP contribution in [0.4, 0.5) is 0 Å². The highest BCUT2D eigenvalue weighted by atomic mass is 16.7. The van der Waals surface area contributed by atoms with E-state index in [4.69, 9.17) is 9.47 Å². The van der Waals surface area contributed by atoms with Crippen molar-refractivity contribution in [2.24, 2.45) is 40.4 Å². The van der Waals surface area contributed by atoms with Gasteiger partial charge in [-0.2, -0.15) is 0 Å². The van der Waals surface area contributed by atoms with Crippen molar-refractivity contribution >= 4 is 5.78 Å². The molecule has 5 rings (SSSR count). The summed E-state index contributed by atoms with van der Waals surface area (Å²) in [7, 11) is 1.73. The summed E-state index contributed by atoms with van der Waals surface area (Å²) in [5.74, 6) is 4.91. The highest BCUT2D eigenvalue weighted by molar-refractivity contribution is 5.79. The standard InChI is InChI=1S/C24H38O3/c1-23-10-8-19(27-15-26-2)14-16(23)3-5-20-21(23)9-12-24-11-7-18(25)13-17(24)4-6-22(20)24/h16-17,19-22H,3-15H2,1-2H3/t16-,17+,19+,20+,21-,22-,23-,24+/m0/s1. The zero-order chi connectivity index (χ0) is 18.6. The molecule has 1 spiro atoms. The molecule has 152 valence electrons. The molecule has 0 N–H and O–H groups in total. The van der Waals surface area contributed by atoms with Crippen molar-refractivity contribution in [3.05, 3.63) is 0 Å². The summed E-state index contributed by atoms with van der Waals surface area (Å²) in [6.45, 7) is 3.08. The lowest BCUT2D eigenvalue weighted by Crippen LogP contribution is -2.55. The van der Waals surface area contributed by atoms with Gasteiger partial charge in [0.2, 0.25) is 0 Å². The van der Waals surface area contributed by atoms with E-state index in [-0.39, 0.29) is 0 Å². The first-order valence-electron chi connectivity index (χ1n) is 11.7. The number of ketones is 1. The fourth-order valence-electron chi connectivity index (χ4n) is 9.02. The average molecular weight is 375 g/mol. The van der Waals surface area contributed by atoms with Gasteiger partial charge in [-0.1, -0.05) is 6.92 Å². The van der Waals surface area contributed by atoms with Gasteiger partial charge in [0.15, 0.2) is 0 Å². The number of carbonyl (C=O) groups excluding carboxylic acids is 1. The van der Waals surface area contributed by atoms with Crippen LogP contribution < -0.4 is 0 Å². The zero-order valence-electron chi connectivity index (χ0n) is 17.4. The maximum absolute atomic E-state index is 12.1. The first kappa shape index (κ1) is 18.6. The topological polar surface area (TPSA) is 35.5 Å². The minimum Gasteiger partial charge on any atom is -0.359 e. The quantitative estimate of drug-likeness (QED) is 0.623. The van der Waals surface area contributed by atoms with Crippen LogP contribution in [0.1, 0.15) is 84.0 Å². The Bertz CT molecular complexity index is 588. The van der Waals surface area contributed by atoms with Crippen molar-refractivity contribution in [3.63, 3.8) is 0 Å². The second-order valence-electron chi connectivity index (χ2n) is 10.9. The molecule has 0 amide bonds. The van der Waals surface area contributed by atoms with Crippen LogP contribution in [0.15, 0.2) is 0 Å². The van der Waals surface area contributed by atoms with E-state index in [1.165, 1.54) is 64.2 Å². The molecular formula is C24H38O3. The van der Waals surface area contributed by atoms with Crippen molar-refractivity contribution in [3.8, 4) is 0 Å². The minimum absolute atomic E-state index is 0.412. The second kappa shape index (κ2) is 6.83. The van der Waals surface area contributed by atoms with Gasteiger partial charge in [0, 0.05) is 20.0 Å². The first-order valence-corrected chi connectivity index (χ1v) is 11.7. The van der Waals surface area contributed by atoms with E-state index in [9.17, 15) is 4.79 Å². The van der Waals surface area contributed by atoms with Crippen molar-refractivity contribution in [2.45, 2.75) is 90.1 Å². The zero-order valence-corrected chi connectivity index (χ0v) is 17.4. The predicted octanol–water partition coefficient (Wildman–Crippen LogP) is 5.37. The molecule has 0 aromatic heterocycles. The molecular weight excluding hydrogens is 336 g/mol. The summed E-state index contributed by atoms with van der Waals surface area (Å²) in [6, 6.07) is 0. The lowest BCUT2D eigenvalue weighted by molar-refractivity contribution is -0.159. The Labute approximate surface area is 164 Å². The molecule has 0 aliphatic heterocycles. The SMILES string of the molecule is COCO[C@@H]1CC[C@@]2(C)[C@@H](CC[C@@H]3[C@@H]2CC[C@]24CCC(=O)C[C@H]2CC[C@@H]34)C1. The van der Waals surface area contributed by atoms with E-state index in [2.05, 4.69) is 6.92 Å². The number of carbonyl (C=O) groups is 1. The molecule has 0 unspecified atom stereocenters. The monoisotopic (exact) mass is 374 g/mol. The van der Waals surface area contributed by atoms with Gasteiger partial charge in [-0.3, -0.25) is 4.79 Å². The van der Waals surface area contributed by atoms with Gasteiger partial charge in [-0.15, -0.1) is 0 Å². The first-order chi connectivity index (χ1) is 13.1. The summed E-state index contributed by atoms with van der Waals surface area (Å²) in [4.78, 5) is 12.1. The smallest absolute Gasteiger partial charge is 0.146 e. The van der Waals surface area contributed by atoms with Crippen LogP contribution in [0.25, 0.3) is 0 Å². The number of hydrogen-bond donors (Lipinski definition) is 0. The summed E-state index contributed by atoms with van der Waals surface area (Å²) in [5.41, 5.74) is 1.08. The molecule has 0 heterocycles. The molecule has 3 nitrogen and oxygen atoms in total. The Hall–Kier alpha value is -0.410. The molecule has 3 heteroatoms. The maximum Gasteiger partial charge on any atom is 0.146 e. The third-order valence-electron chi connectivity index (χ3n) is 10.3. The molecule has 0 aromatic carbocycles. The lowest BCUT2D eigenvalue weighted by Gasteiger charge is -2.62. The van der Waals surface area contributed by atoms with Gasteiger partial charge in [0.1, 0.15) is 12.6 Å². The summed E-state index contributed by atoms with van der Waals surface area (Å²) in [5, 5.41) is 0. The third kappa shape index (κ3) is 2.78. The van der Waals surface area contributed by atoms with E-state index in [1.54, 1.807) is 7.11 Å². The van der Waals surface area contributed by atoms with Crippen LogP contribution in [-0.2, 0) is 14.3 Å². The maximum atomic E-state index is 12.1. The number of rotatable bonds is 3. The number of ether oxygens (including phenoxy) is 2. The molecule has 0 saturated heterocycles. The van der Waals surface area contributed by atoms with Crippen molar-refractivity contribution in [2.75, 3.05) is 13.9 Å². The third-order valence-corrected chi connectivity index (χ3v) is 10.3. The average Bonchev–Trinajstić information content (AvgIpc) is 3.05. The summed E-state index contributed by atoms with van der Waals surface area (Å²) in [6.07, 6.45) is 15.7. The summed E-state index contributed by atoms with van der Waals surface area (Å²) < 4.78 is 11.1. The Morgan fingerprint density at radius 1 is 0.963 bits per heavy atom. The largest absolute Gasteiger partial charge is 0.359 e. The van der Waals surface area contributed by atoms with Crippen molar-refractivity contribution in [1.29, 1.82) is 0 Å². The van der Waals surface area contributed by atoms with Gasteiger partial charge in [-0.05, 0) is 105 Å². The molecule has 27 heavy (non-hydrogen) atoms. The van der Waals surface area contributed by atoms with E-state index >= 15 is 0 Å². The van der Waals surface area contributed by atoms with E-state index in [0.717, 1.165) is 42.4 Å². The van der Waals surface area contributed by atoms with Crippen molar-refractivity contribution < 1.29 is 14.3 Å². The molecule has 0 radical (unpaired) electrons. The molecule has 5 saturated carbocycles. The molecule has 5 fully saturated rings. The lowest BCUT2D eigenvalue weighted by atomic mass is 9.43. The highest BCUT2D eigenvalue weighted by Crippen LogP contribution is 2.69. The van der Waals surface area contributed by atoms with Crippen LogP contribution in [-0.4, -0.2) is 25.8 Å². The number of methoxy groups -OCH3 is 1. The Balaban J connectivity index is 1.34. The summed E-state index contributed by atoms with van der Waals surface area (Å²) >= 11 is 0. The molecule has 0 bridgehead atoms. The van der Waals surface area contributed by atoms with Crippen LogP contribution in [0.5, 0.6) is 0 Å². The van der Waals surface area contributed by atoms with E-state index < -0.39 is 0 Å². The van der Waals surface area contributed by atoms with Gasteiger partial charge < -0.3 is 9.47 Å². The van der Waals surface area contributed by atoms with Gasteiger partial charge in [0.05, 0.1) is 6.10 Å². The van der Waals surface area contributed by atoms with Crippen molar-refractivity contribution in [1.82, 2.24) is 0 Å². The second-order valence-corrected chi connectivity index (χ2v) is 10.9. The van der Waals surface area contributed by atoms with Gasteiger partial charge in [0.25, 0.3) is 0 Å².